The first-order chi connectivity index (χ1) is 11.4. The Labute approximate surface area is 141 Å². The highest BCUT2D eigenvalue weighted by Crippen LogP contribution is 2.29. The van der Waals surface area contributed by atoms with Crippen molar-refractivity contribution in [2.45, 2.75) is 12.5 Å². The fourth-order valence-corrected chi connectivity index (χ4v) is 2.55. The number of urea groups is 1. The molecule has 0 bridgehead atoms. The maximum Gasteiger partial charge on any atom is 0.325 e. The van der Waals surface area contributed by atoms with Gasteiger partial charge in [-0.05, 0) is 31.2 Å². The number of hydrogen-bond acceptors (Lipinski definition) is 5. The van der Waals surface area contributed by atoms with Gasteiger partial charge in [0.15, 0.2) is 10.7 Å². The number of amides is 4. The van der Waals surface area contributed by atoms with Gasteiger partial charge < -0.3 is 15.1 Å². The third-order valence-electron chi connectivity index (χ3n) is 3.62. The largest absolute Gasteiger partial charge is 0.466 e. The average Bonchev–Trinajstić information content (AvgIpc) is 3.14. The molecule has 2 aromatic heterocycles. The molecule has 1 aliphatic rings. The third kappa shape index (κ3) is 2.71. The van der Waals surface area contributed by atoms with Crippen LogP contribution in [0.1, 0.15) is 12.7 Å². The maximum atomic E-state index is 12.6. The molecule has 1 fully saturated rings. The van der Waals surface area contributed by atoms with E-state index in [9.17, 15) is 14.4 Å². The van der Waals surface area contributed by atoms with Crippen LogP contribution in [0.4, 0.5) is 10.5 Å². The summed E-state index contributed by atoms with van der Waals surface area (Å²) in [5.74, 6) is -0.856. The zero-order chi connectivity index (χ0) is 17.3. The van der Waals surface area contributed by atoms with Crippen LogP contribution in [0.3, 0.4) is 0 Å². The molecule has 0 aromatic carbocycles. The molecule has 1 atom stereocenters. The molecule has 0 aliphatic carbocycles. The topological polar surface area (TPSA) is 105 Å². The first kappa shape index (κ1) is 16.0. The van der Waals surface area contributed by atoms with Crippen LogP contribution >= 0.6 is 11.6 Å². The summed E-state index contributed by atoms with van der Waals surface area (Å²) in [5.41, 5.74) is -1.04. The fraction of sp³-hybridized carbons (Fsp3) is 0.200. The number of imide groups is 1. The molecule has 0 saturated carbocycles. The molecule has 1 aliphatic heterocycles. The van der Waals surface area contributed by atoms with Gasteiger partial charge in [-0.25, -0.2) is 9.78 Å². The molecular formula is C15H13ClN4O4. The minimum Gasteiger partial charge on any atom is -0.466 e. The highest BCUT2D eigenvalue weighted by molar-refractivity contribution is 6.32. The molecule has 1 unspecified atom stereocenters. The van der Waals surface area contributed by atoms with Crippen LogP contribution in [-0.4, -0.2) is 34.3 Å². The van der Waals surface area contributed by atoms with E-state index >= 15 is 0 Å². The molecule has 8 nitrogen and oxygen atoms in total. The van der Waals surface area contributed by atoms with Crippen LogP contribution < -0.4 is 10.6 Å². The number of anilines is 1. The molecule has 3 heterocycles. The van der Waals surface area contributed by atoms with E-state index in [2.05, 4.69) is 15.6 Å². The molecule has 3 rings (SSSR count). The van der Waals surface area contributed by atoms with Gasteiger partial charge in [0.25, 0.3) is 5.91 Å². The molecule has 2 N–H and O–H groups in total. The second kappa shape index (κ2) is 5.97. The quantitative estimate of drug-likeness (QED) is 0.646. The van der Waals surface area contributed by atoms with Gasteiger partial charge in [0.1, 0.15) is 12.3 Å². The predicted octanol–water partition coefficient (Wildman–Crippen LogP) is 1.73. The number of rotatable bonds is 4. The van der Waals surface area contributed by atoms with E-state index in [1.807, 2.05) is 0 Å². The summed E-state index contributed by atoms with van der Waals surface area (Å²) in [6.45, 7) is 1.06. The minimum atomic E-state index is -1.34. The van der Waals surface area contributed by atoms with Gasteiger partial charge in [-0.15, -0.1) is 0 Å². The van der Waals surface area contributed by atoms with E-state index in [-0.39, 0.29) is 5.15 Å². The Balaban J connectivity index is 1.74. The van der Waals surface area contributed by atoms with Crippen molar-refractivity contribution in [2.24, 2.45) is 0 Å². The van der Waals surface area contributed by atoms with Crippen molar-refractivity contribution in [3.63, 3.8) is 0 Å². The number of furan rings is 1. The molecule has 0 spiro atoms. The second-order valence-electron chi connectivity index (χ2n) is 5.31. The van der Waals surface area contributed by atoms with E-state index in [0.29, 0.717) is 11.4 Å². The number of carbonyl (C=O) groups excluding carboxylic acids is 3. The number of aromatic nitrogens is 1. The maximum absolute atomic E-state index is 12.6. The van der Waals surface area contributed by atoms with Crippen LogP contribution in [0, 0.1) is 0 Å². The van der Waals surface area contributed by atoms with Gasteiger partial charge in [-0.2, -0.15) is 0 Å². The van der Waals surface area contributed by atoms with Crippen LogP contribution in [0.15, 0.2) is 41.1 Å². The lowest BCUT2D eigenvalue weighted by Crippen LogP contribution is -2.41. The van der Waals surface area contributed by atoms with Crippen molar-refractivity contribution in [1.29, 1.82) is 0 Å². The Morgan fingerprint density at radius 3 is 2.88 bits per heavy atom. The van der Waals surface area contributed by atoms with Gasteiger partial charge in [0, 0.05) is 6.20 Å². The highest BCUT2D eigenvalue weighted by Gasteiger charge is 2.51. The lowest BCUT2D eigenvalue weighted by Gasteiger charge is -2.18. The van der Waals surface area contributed by atoms with Crippen molar-refractivity contribution < 1.29 is 18.8 Å². The average molecular weight is 349 g/mol. The molecular weight excluding hydrogens is 336 g/mol. The summed E-state index contributed by atoms with van der Waals surface area (Å²) >= 11 is 5.86. The van der Waals surface area contributed by atoms with E-state index in [1.165, 1.54) is 19.4 Å². The van der Waals surface area contributed by atoms with Crippen molar-refractivity contribution >= 4 is 35.1 Å². The lowest BCUT2D eigenvalue weighted by molar-refractivity contribution is -0.134. The SMILES string of the molecule is CC1(c2ccco2)NC(=O)N(CC(=O)Nc2cccnc2Cl)C1=O. The van der Waals surface area contributed by atoms with Crippen molar-refractivity contribution in [3.8, 4) is 0 Å². The smallest absolute Gasteiger partial charge is 0.325 e. The Morgan fingerprint density at radius 2 is 2.21 bits per heavy atom. The molecule has 9 heteroatoms. The van der Waals surface area contributed by atoms with Gasteiger partial charge in [0.05, 0.1) is 12.0 Å². The van der Waals surface area contributed by atoms with Crippen LogP contribution in [0.5, 0.6) is 0 Å². The summed E-state index contributed by atoms with van der Waals surface area (Å²) in [6.07, 6.45) is 2.88. The summed E-state index contributed by atoms with van der Waals surface area (Å²) in [6, 6.07) is 5.68. The molecule has 0 radical (unpaired) electrons. The number of carbonyl (C=O) groups is 3. The van der Waals surface area contributed by atoms with Gasteiger partial charge in [0.2, 0.25) is 5.91 Å². The number of hydrogen-bond donors (Lipinski definition) is 2. The normalized spacial score (nSPS) is 20.2. The van der Waals surface area contributed by atoms with E-state index in [1.54, 1.807) is 24.3 Å². The Morgan fingerprint density at radius 1 is 1.42 bits per heavy atom. The first-order valence-corrected chi connectivity index (χ1v) is 7.38. The van der Waals surface area contributed by atoms with E-state index in [0.717, 1.165) is 4.90 Å². The lowest BCUT2D eigenvalue weighted by atomic mass is 9.99. The van der Waals surface area contributed by atoms with Gasteiger partial charge in [-0.1, -0.05) is 11.6 Å². The predicted molar refractivity (Wildman–Crippen MR) is 84.2 cm³/mol. The van der Waals surface area contributed by atoms with Crippen molar-refractivity contribution in [3.05, 3.63) is 47.6 Å². The summed E-state index contributed by atoms with van der Waals surface area (Å²) in [5, 5.41) is 5.16. The van der Waals surface area contributed by atoms with E-state index < -0.39 is 29.9 Å². The Kier molecular flexibility index (Phi) is 3.98. The van der Waals surface area contributed by atoms with Crippen molar-refractivity contribution in [2.75, 3.05) is 11.9 Å². The molecule has 2 aromatic rings. The monoisotopic (exact) mass is 348 g/mol. The van der Waals surface area contributed by atoms with Gasteiger partial charge >= 0.3 is 6.03 Å². The van der Waals surface area contributed by atoms with Crippen LogP contribution in [0.2, 0.25) is 5.15 Å². The van der Waals surface area contributed by atoms with Crippen LogP contribution in [0.25, 0.3) is 0 Å². The number of halogens is 1. The number of nitrogens with one attached hydrogen (secondary N) is 2. The Bertz CT molecular complexity index is 808. The van der Waals surface area contributed by atoms with Crippen molar-refractivity contribution in [1.82, 2.24) is 15.2 Å². The summed E-state index contributed by atoms with van der Waals surface area (Å²) < 4.78 is 5.22. The summed E-state index contributed by atoms with van der Waals surface area (Å²) in [4.78, 5) is 41.4. The Hall–Kier alpha value is -2.87. The summed E-state index contributed by atoms with van der Waals surface area (Å²) in [7, 11) is 0. The third-order valence-corrected chi connectivity index (χ3v) is 3.93. The molecule has 1 saturated heterocycles. The standard InChI is InChI=1S/C15H13ClN4O4/c1-15(10-5-3-7-24-10)13(22)20(14(23)19-15)8-11(21)18-9-4-2-6-17-12(9)16/h2-7H,8H2,1H3,(H,18,21)(H,19,23). The van der Waals surface area contributed by atoms with E-state index in [4.69, 9.17) is 16.0 Å². The minimum absolute atomic E-state index is 0.114. The molecule has 4 amide bonds. The zero-order valence-corrected chi connectivity index (χ0v) is 13.3. The first-order valence-electron chi connectivity index (χ1n) is 7.00. The fourth-order valence-electron chi connectivity index (χ4n) is 2.38. The number of pyridine rings is 1. The second-order valence-corrected chi connectivity index (χ2v) is 5.67. The molecule has 24 heavy (non-hydrogen) atoms. The number of nitrogens with zero attached hydrogens (tertiary/aromatic N) is 2. The van der Waals surface area contributed by atoms with Gasteiger partial charge in [-0.3, -0.25) is 14.5 Å². The zero-order valence-electron chi connectivity index (χ0n) is 12.6. The van der Waals surface area contributed by atoms with Crippen LogP contribution in [-0.2, 0) is 15.1 Å². The molecule has 124 valence electrons. The highest BCUT2D eigenvalue weighted by atomic mass is 35.5.